The third-order valence-electron chi connectivity index (χ3n) is 3.12. The van der Waals surface area contributed by atoms with E-state index in [1.54, 1.807) is 0 Å². The highest BCUT2D eigenvalue weighted by atomic mass is 32.1. The first-order chi connectivity index (χ1) is 8.83. The second-order valence-electron chi connectivity index (χ2n) is 4.94. The Balaban J connectivity index is 1.73. The van der Waals surface area contributed by atoms with Crippen LogP contribution in [-0.4, -0.2) is 31.0 Å². The molecule has 0 aromatic rings. The van der Waals surface area contributed by atoms with E-state index < -0.39 is 0 Å². The lowest BCUT2D eigenvalue weighted by molar-refractivity contribution is -0.144. The zero-order valence-electron chi connectivity index (χ0n) is 11.2. The van der Waals surface area contributed by atoms with Gasteiger partial charge in [-0.25, -0.2) is 0 Å². The van der Waals surface area contributed by atoms with E-state index in [0.29, 0.717) is 13.0 Å². The fraction of sp³-hybridized carbons (Fsp3) is 0.929. The first-order valence-corrected chi connectivity index (χ1v) is 7.84. The number of rotatable bonds is 12. The Morgan fingerprint density at radius 3 is 2.17 bits per heavy atom. The average molecular weight is 274 g/mol. The van der Waals surface area contributed by atoms with Gasteiger partial charge in [-0.15, -0.1) is 0 Å². The molecule has 1 heterocycles. The van der Waals surface area contributed by atoms with Crippen LogP contribution < -0.4 is 0 Å². The van der Waals surface area contributed by atoms with Gasteiger partial charge in [-0.1, -0.05) is 38.5 Å². The monoisotopic (exact) mass is 274 g/mol. The quantitative estimate of drug-likeness (QED) is 0.257. The molecule has 18 heavy (non-hydrogen) atoms. The number of ether oxygens (including phenoxy) is 2. The van der Waals surface area contributed by atoms with Crippen LogP contribution in [0.2, 0.25) is 0 Å². The summed E-state index contributed by atoms with van der Waals surface area (Å²) >= 11 is 4.19. The Hall–Kier alpha value is -0.220. The molecule has 0 aromatic heterocycles. The van der Waals surface area contributed by atoms with E-state index in [9.17, 15) is 4.79 Å². The van der Waals surface area contributed by atoms with E-state index in [1.807, 2.05) is 0 Å². The van der Waals surface area contributed by atoms with E-state index in [2.05, 4.69) is 12.6 Å². The van der Waals surface area contributed by atoms with E-state index >= 15 is 0 Å². The molecule has 3 nitrogen and oxygen atoms in total. The molecule has 1 fully saturated rings. The van der Waals surface area contributed by atoms with Gasteiger partial charge in [-0.05, 0) is 18.6 Å². The van der Waals surface area contributed by atoms with Crippen molar-refractivity contribution in [1.29, 1.82) is 0 Å². The molecule has 1 aliphatic heterocycles. The number of esters is 1. The van der Waals surface area contributed by atoms with Gasteiger partial charge in [0, 0.05) is 6.42 Å². The van der Waals surface area contributed by atoms with E-state index in [-0.39, 0.29) is 12.1 Å². The lowest BCUT2D eigenvalue weighted by atomic mass is 10.1. The summed E-state index contributed by atoms with van der Waals surface area (Å²) in [5.41, 5.74) is 0. The van der Waals surface area contributed by atoms with Crippen molar-refractivity contribution in [3.8, 4) is 0 Å². The highest BCUT2D eigenvalue weighted by Crippen LogP contribution is 2.12. The lowest BCUT2D eigenvalue weighted by Gasteiger charge is -2.03. The number of hydrogen-bond acceptors (Lipinski definition) is 4. The predicted octanol–water partition coefficient (Wildman–Crippen LogP) is 3.37. The van der Waals surface area contributed by atoms with Crippen LogP contribution in [0.25, 0.3) is 0 Å². The maximum atomic E-state index is 11.3. The summed E-state index contributed by atoms with van der Waals surface area (Å²) in [4.78, 5) is 11.3. The van der Waals surface area contributed by atoms with Crippen molar-refractivity contribution in [3.05, 3.63) is 0 Å². The normalized spacial score (nSPS) is 17.7. The van der Waals surface area contributed by atoms with Crippen LogP contribution in [0.4, 0.5) is 0 Å². The highest BCUT2D eigenvalue weighted by molar-refractivity contribution is 7.80. The highest BCUT2D eigenvalue weighted by Gasteiger charge is 2.23. The summed E-state index contributed by atoms with van der Waals surface area (Å²) in [7, 11) is 0. The lowest BCUT2D eigenvalue weighted by Crippen LogP contribution is -2.09. The minimum Gasteiger partial charge on any atom is -0.463 e. The molecule has 1 aliphatic rings. The van der Waals surface area contributed by atoms with Crippen molar-refractivity contribution in [1.82, 2.24) is 0 Å². The number of carbonyl (C=O) groups excluding carboxylic acids is 1. The second-order valence-corrected chi connectivity index (χ2v) is 5.39. The standard InChI is InChI=1S/C14H26O3S/c15-14(17-12-13-11-16-13)9-7-5-3-1-2-4-6-8-10-18/h13,18H,1-12H2. The van der Waals surface area contributed by atoms with Crippen molar-refractivity contribution in [2.75, 3.05) is 19.0 Å². The number of epoxide rings is 1. The van der Waals surface area contributed by atoms with Crippen molar-refractivity contribution in [2.24, 2.45) is 0 Å². The van der Waals surface area contributed by atoms with Gasteiger partial charge in [0.1, 0.15) is 12.7 Å². The first-order valence-electron chi connectivity index (χ1n) is 7.21. The Morgan fingerprint density at radius 2 is 1.61 bits per heavy atom. The Bertz CT molecular complexity index is 217. The van der Waals surface area contributed by atoms with Gasteiger partial charge in [-0.3, -0.25) is 4.79 Å². The second kappa shape index (κ2) is 10.7. The number of hydrogen-bond donors (Lipinski definition) is 1. The van der Waals surface area contributed by atoms with Crippen LogP contribution in [-0.2, 0) is 14.3 Å². The molecule has 0 aromatic carbocycles. The molecule has 0 aliphatic carbocycles. The van der Waals surface area contributed by atoms with Gasteiger partial charge in [0.15, 0.2) is 0 Å². The van der Waals surface area contributed by atoms with Crippen molar-refractivity contribution in [3.63, 3.8) is 0 Å². The van der Waals surface area contributed by atoms with Gasteiger partial charge >= 0.3 is 5.97 Å². The number of unbranched alkanes of at least 4 members (excludes halogenated alkanes) is 7. The van der Waals surface area contributed by atoms with Gasteiger partial charge in [0.2, 0.25) is 0 Å². The molecule has 1 rings (SSSR count). The first kappa shape index (κ1) is 15.8. The molecule has 1 saturated heterocycles. The third kappa shape index (κ3) is 9.77. The molecule has 0 amide bonds. The SMILES string of the molecule is O=C(CCCCCCCCCCS)OCC1CO1. The average Bonchev–Trinajstić information content (AvgIpc) is 3.18. The van der Waals surface area contributed by atoms with Crippen LogP contribution in [0, 0.1) is 0 Å². The summed E-state index contributed by atoms with van der Waals surface area (Å²) < 4.78 is 10.0. The minimum atomic E-state index is -0.0701. The maximum absolute atomic E-state index is 11.3. The zero-order chi connectivity index (χ0) is 13.1. The van der Waals surface area contributed by atoms with Crippen LogP contribution in [0.1, 0.15) is 57.8 Å². The topological polar surface area (TPSA) is 38.8 Å². The summed E-state index contributed by atoms with van der Waals surface area (Å²) in [5.74, 6) is 0.938. The van der Waals surface area contributed by atoms with Crippen LogP contribution in [0.15, 0.2) is 0 Å². The van der Waals surface area contributed by atoms with Crippen molar-refractivity contribution < 1.29 is 14.3 Å². The Kier molecular flexibility index (Phi) is 9.40. The summed E-state index contributed by atoms with van der Waals surface area (Å²) in [6, 6.07) is 0. The van der Waals surface area contributed by atoms with Gasteiger partial charge in [-0.2, -0.15) is 12.6 Å². The van der Waals surface area contributed by atoms with Crippen molar-refractivity contribution >= 4 is 18.6 Å². The molecular formula is C14H26O3S. The predicted molar refractivity (Wildman–Crippen MR) is 76.1 cm³/mol. The van der Waals surface area contributed by atoms with Gasteiger partial charge in [0.25, 0.3) is 0 Å². The molecule has 1 atom stereocenters. The Morgan fingerprint density at radius 1 is 1.06 bits per heavy atom. The largest absolute Gasteiger partial charge is 0.463 e. The van der Waals surface area contributed by atoms with Crippen LogP contribution in [0.5, 0.6) is 0 Å². The minimum absolute atomic E-state index is 0.0701. The van der Waals surface area contributed by atoms with E-state index in [0.717, 1.165) is 25.2 Å². The number of carbonyl (C=O) groups is 1. The fourth-order valence-electron chi connectivity index (χ4n) is 1.86. The molecule has 0 saturated carbocycles. The molecular weight excluding hydrogens is 248 g/mol. The maximum Gasteiger partial charge on any atom is 0.305 e. The molecule has 1 unspecified atom stereocenters. The van der Waals surface area contributed by atoms with Gasteiger partial charge in [0.05, 0.1) is 6.61 Å². The van der Waals surface area contributed by atoms with Gasteiger partial charge < -0.3 is 9.47 Å². The van der Waals surface area contributed by atoms with Crippen LogP contribution >= 0.6 is 12.6 Å². The number of thiol groups is 1. The molecule has 0 N–H and O–H groups in total. The zero-order valence-corrected chi connectivity index (χ0v) is 12.1. The third-order valence-corrected chi connectivity index (χ3v) is 3.44. The summed E-state index contributed by atoms with van der Waals surface area (Å²) in [5, 5.41) is 0. The molecule has 0 bridgehead atoms. The van der Waals surface area contributed by atoms with E-state index in [1.165, 1.54) is 38.5 Å². The smallest absolute Gasteiger partial charge is 0.305 e. The molecule has 0 spiro atoms. The molecule has 4 heteroatoms. The summed E-state index contributed by atoms with van der Waals surface area (Å²) in [6.45, 7) is 1.20. The summed E-state index contributed by atoms with van der Waals surface area (Å²) in [6.07, 6.45) is 10.6. The molecule has 0 radical (unpaired) electrons. The Labute approximate surface area is 116 Å². The molecule has 106 valence electrons. The van der Waals surface area contributed by atoms with Crippen molar-refractivity contribution in [2.45, 2.75) is 63.9 Å². The van der Waals surface area contributed by atoms with Crippen LogP contribution in [0.3, 0.4) is 0 Å². The fourth-order valence-corrected chi connectivity index (χ4v) is 2.09. The van der Waals surface area contributed by atoms with E-state index in [4.69, 9.17) is 9.47 Å².